The van der Waals surface area contributed by atoms with E-state index in [-0.39, 0.29) is 5.56 Å². The zero-order chi connectivity index (χ0) is 10.0. The number of hydrogen-bond acceptors (Lipinski definition) is 1. The number of ketones is 1. The molecule has 1 atom stereocenters. The van der Waals surface area contributed by atoms with Crippen LogP contribution < -0.4 is 0 Å². The second-order valence-corrected chi connectivity index (χ2v) is 3.26. The van der Waals surface area contributed by atoms with Gasteiger partial charge in [-0.1, -0.05) is 0 Å². The molecule has 1 aromatic carbocycles. The van der Waals surface area contributed by atoms with E-state index < -0.39 is 22.8 Å². The lowest BCUT2D eigenvalue weighted by Crippen LogP contribution is -2.10. The van der Waals surface area contributed by atoms with Crippen molar-refractivity contribution in [3.8, 4) is 0 Å². The minimum atomic E-state index is -1.04. The second-order valence-electron chi connectivity index (χ2n) is 2.61. The van der Waals surface area contributed by atoms with Gasteiger partial charge in [-0.3, -0.25) is 4.79 Å². The van der Waals surface area contributed by atoms with E-state index in [9.17, 15) is 13.6 Å². The fraction of sp³-hybridized carbons (Fsp3) is 0.222. The Labute approximate surface area is 79.3 Å². The van der Waals surface area contributed by atoms with Crippen molar-refractivity contribution < 1.29 is 13.6 Å². The predicted octanol–water partition coefficient (Wildman–Crippen LogP) is 2.77. The van der Waals surface area contributed by atoms with Crippen molar-refractivity contribution in [1.82, 2.24) is 0 Å². The first kappa shape index (κ1) is 10.1. The smallest absolute Gasteiger partial charge is 0.180 e. The highest BCUT2D eigenvalue weighted by molar-refractivity contribution is 6.33. The van der Waals surface area contributed by atoms with Crippen LogP contribution in [0.25, 0.3) is 0 Å². The Hall–Kier alpha value is -0.960. The molecule has 0 aromatic heterocycles. The largest absolute Gasteiger partial charge is 0.293 e. The molecule has 0 radical (unpaired) electrons. The molecule has 0 saturated carbocycles. The molecule has 0 aliphatic rings. The van der Waals surface area contributed by atoms with Gasteiger partial charge in [-0.2, -0.15) is 0 Å². The van der Waals surface area contributed by atoms with Crippen molar-refractivity contribution in [2.75, 3.05) is 0 Å². The summed E-state index contributed by atoms with van der Waals surface area (Å²) in [4.78, 5) is 11.2. The van der Waals surface area contributed by atoms with Gasteiger partial charge in [0.25, 0.3) is 0 Å². The van der Waals surface area contributed by atoms with Crippen molar-refractivity contribution in [3.63, 3.8) is 0 Å². The minimum Gasteiger partial charge on any atom is -0.293 e. The molecule has 0 heterocycles. The van der Waals surface area contributed by atoms with E-state index in [2.05, 4.69) is 0 Å². The number of halogens is 3. The zero-order valence-corrected chi connectivity index (χ0v) is 7.61. The van der Waals surface area contributed by atoms with E-state index in [0.29, 0.717) is 0 Å². The quantitative estimate of drug-likeness (QED) is 0.535. The molecule has 70 valence electrons. The van der Waals surface area contributed by atoms with Crippen molar-refractivity contribution >= 4 is 17.4 Å². The van der Waals surface area contributed by atoms with Crippen LogP contribution >= 0.6 is 11.6 Å². The third kappa shape index (κ3) is 2.25. The van der Waals surface area contributed by atoms with Gasteiger partial charge in [0.1, 0.15) is 0 Å². The van der Waals surface area contributed by atoms with E-state index in [0.717, 1.165) is 12.1 Å². The fourth-order valence-electron chi connectivity index (χ4n) is 0.879. The van der Waals surface area contributed by atoms with Gasteiger partial charge in [0.2, 0.25) is 0 Å². The summed E-state index contributed by atoms with van der Waals surface area (Å²) < 4.78 is 25.1. The minimum absolute atomic E-state index is 0.0846. The summed E-state index contributed by atoms with van der Waals surface area (Å²) in [5.41, 5.74) is 0.0846. The van der Waals surface area contributed by atoms with Gasteiger partial charge in [0, 0.05) is 5.56 Å². The number of benzene rings is 1. The Morgan fingerprint density at radius 2 is 2.00 bits per heavy atom. The third-order valence-corrected chi connectivity index (χ3v) is 1.76. The predicted molar refractivity (Wildman–Crippen MR) is 46.0 cm³/mol. The molecular formula is C9H7ClF2O. The molecule has 0 bridgehead atoms. The van der Waals surface area contributed by atoms with Crippen molar-refractivity contribution in [2.24, 2.45) is 0 Å². The average molecular weight is 205 g/mol. The summed E-state index contributed by atoms with van der Waals surface area (Å²) in [7, 11) is 0. The SMILES string of the molecule is C[C@H](Cl)C(=O)c1ccc(F)c(F)c1. The Bertz CT molecular complexity index is 336. The molecule has 0 saturated heterocycles. The average Bonchev–Trinajstić information content (AvgIpc) is 2.08. The monoisotopic (exact) mass is 204 g/mol. The molecule has 0 N–H and O–H groups in total. The number of carbonyl (C=O) groups is 1. The van der Waals surface area contributed by atoms with Crippen LogP contribution in [-0.2, 0) is 0 Å². The molecule has 1 rings (SSSR count). The summed E-state index contributed by atoms with van der Waals surface area (Å²) >= 11 is 5.49. The summed E-state index contributed by atoms with van der Waals surface area (Å²) in [5.74, 6) is -2.43. The van der Waals surface area contributed by atoms with E-state index in [4.69, 9.17) is 11.6 Å². The second kappa shape index (κ2) is 3.83. The fourth-order valence-corrected chi connectivity index (χ4v) is 1.01. The number of alkyl halides is 1. The maximum atomic E-state index is 12.6. The molecule has 0 fully saturated rings. The van der Waals surface area contributed by atoms with Gasteiger partial charge in [-0.25, -0.2) is 8.78 Å². The first-order chi connectivity index (χ1) is 6.02. The number of rotatable bonds is 2. The van der Waals surface area contributed by atoms with Crippen LogP contribution in [0.5, 0.6) is 0 Å². The highest BCUT2D eigenvalue weighted by atomic mass is 35.5. The highest BCUT2D eigenvalue weighted by Gasteiger charge is 2.13. The van der Waals surface area contributed by atoms with E-state index in [1.165, 1.54) is 13.0 Å². The summed E-state index contributed by atoms with van der Waals surface area (Å²) in [6.45, 7) is 1.48. The standard InChI is InChI=1S/C9H7ClF2O/c1-5(10)9(13)6-2-3-7(11)8(12)4-6/h2-5H,1H3/t5-/m0/s1. The lowest BCUT2D eigenvalue weighted by molar-refractivity contribution is 0.0991. The lowest BCUT2D eigenvalue weighted by atomic mass is 10.1. The molecule has 4 heteroatoms. The lowest BCUT2D eigenvalue weighted by Gasteiger charge is -2.02. The van der Waals surface area contributed by atoms with Crippen molar-refractivity contribution in [1.29, 1.82) is 0 Å². The Balaban J connectivity index is 3.04. The van der Waals surface area contributed by atoms with Gasteiger partial charge in [-0.05, 0) is 25.1 Å². The van der Waals surface area contributed by atoms with Crippen LogP contribution in [0.1, 0.15) is 17.3 Å². The van der Waals surface area contributed by atoms with E-state index in [1.807, 2.05) is 0 Å². The Morgan fingerprint density at radius 1 is 1.38 bits per heavy atom. The van der Waals surface area contributed by atoms with Gasteiger partial charge in [0.05, 0.1) is 5.38 Å². The Kier molecular flexibility index (Phi) is 2.98. The van der Waals surface area contributed by atoms with Crippen LogP contribution in [0.4, 0.5) is 8.78 Å². The van der Waals surface area contributed by atoms with Gasteiger partial charge < -0.3 is 0 Å². The maximum absolute atomic E-state index is 12.6. The van der Waals surface area contributed by atoms with Crippen LogP contribution in [-0.4, -0.2) is 11.2 Å². The third-order valence-electron chi connectivity index (χ3n) is 1.57. The summed E-state index contributed by atoms with van der Waals surface area (Å²) in [5, 5.41) is -0.732. The first-order valence-corrected chi connectivity index (χ1v) is 4.09. The van der Waals surface area contributed by atoms with Gasteiger partial charge in [0.15, 0.2) is 17.4 Å². The van der Waals surface area contributed by atoms with Crippen LogP contribution in [0.2, 0.25) is 0 Å². The van der Waals surface area contributed by atoms with Crippen molar-refractivity contribution in [2.45, 2.75) is 12.3 Å². The molecule has 0 aliphatic carbocycles. The van der Waals surface area contributed by atoms with Gasteiger partial charge >= 0.3 is 0 Å². The summed E-state index contributed by atoms with van der Waals surface area (Å²) in [6, 6.07) is 2.96. The number of hydrogen-bond donors (Lipinski definition) is 0. The molecule has 0 aliphatic heterocycles. The molecule has 0 unspecified atom stereocenters. The van der Waals surface area contributed by atoms with Crippen molar-refractivity contribution in [3.05, 3.63) is 35.4 Å². The topological polar surface area (TPSA) is 17.1 Å². The highest BCUT2D eigenvalue weighted by Crippen LogP contribution is 2.12. The van der Waals surface area contributed by atoms with Crippen LogP contribution in [0.15, 0.2) is 18.2 Å². The number of carbonyl (C=O) groups excluding carboxylic acids is 1. The zero-order valence-electron chi connectivity index (χ0n) is 6.85. The normalized spacial score (nSPS) is 12.6. The molecular weight excluding hydrogens is 198 g/mol. The Morgan fingerprint density at radius 3 is 2.46 bits per heavy atom. The molecule has 1 nitrogen and oxygen atoms in total. The first-order valence-electron chi connectivity index (χ1n) is 3.65. The number of Topliss-reactive ketones (excluding diaryl/α,β-unsaturated/α-hetero) is 1. The van der Waals surface area contributed by atoms with Gasteiger partial charge in [-0.15, -0.1) is 11.6 Å². The molecule has 0 spiro atoms. The summed E-state index contributed by atoms with van der Waals surface area (Å²) in [6.07, 6.45) is 0. The van der Waals surface area contributed by atoms with Crippen LogP contribution in [0, 0.1) is 11.6 Å². The van der Waals surface area contributed by atoms with Crippen LogP contribution in [0.3, 0.4) is 0 Å². The van der Waals surface area contributed by atoms with E-state index >= 15 is 0 Å². The van der Waals surface area contributed by atoms with E-state index in [1.54, 1.807) is 0 Å². The molecule has 1 aromatic rings. The molecule has 13 heavy (non-hydrogen) atoms. The maximum Gasteiger partial charge on any atom is 0.180 e. The molecule has 0 amide bonds.